The number of thiophene rings is 1. The molecule has 1 aliphatic rings. The van der Waals surface area contributed by atoms with Crippen molar-refractivity contribution in [3.8, 4) is 16.6 Å². The molecule has 1 atom stereocenters. The average Bonchev–Trinajstić information content (AvgIpc) is 3.47. The van der Waals surface area contributed by atoms with Crippen molar-refractivity contribution in [1.82, 2.24) is 25.1 Å². The summed E-state index contributed by atoms with van der Waals surface area (Å²) in [6.07, 6.45) is 7.03. The SMILES string of the molecule is Cc1oc(-c2cccs2)nc1CNC1CCCc2c1cnn2-c1ccccn1. The van der Waals surface area contributed by atoms with Crippen LogP contribution in [0.4, 0.5) is 0 Å². The molecule has 0 radical (unpaired) electrons. The zero-order chi connectivity index (χ0) is 18.9. The van der Waals surface area contributed by atoms with E-state index in [0.29, 0.717) is 12.4 Å². The summed E-state index contributed by atoms with van der Waals surface area (Å²) in [6, 6.07) is 10.2. The van der Waals surface area contributed by atoms with Crippen LogP contribution in [0.3, 0.4) is 0 Å². The van der Waals surface area contributed by atoms with E-state index in [1.165, 1.54) is 11.3 Å². The minimum atomic E-state index is 0.266. The van der Waals surface area contributed by atoms with Crippen LogP contribution < -0.4 is 5.32 Å². The van der Waals surface area contributed by atoms with E-state index in [0.717, 1.165) is 41.4 Å². The fraction of sp³-hybridized carbons (Fsp3) is 0.286. The highest BCUT2D eigenvalue weighted by Gasteiger charge is 2.25. The second kappa shape index (κ2) is 7.33. The van der Waals surface area contributed by atoms with Crippen molar-refractivity contribution in [3.05, 3.63) is 70.8 Å². The summed E-state index contributed by atoms with van der Waals surface area (Å²) in [4.78, 5) is 10.2. The molecule has 1 aliphatic carbocycles. The summed E-state index contributed by atoms with van der Waals surface area (Å²) < 4.78 is 7.84. The molecular formula is C21H21N5OS. The van der Waals surface area contributed by atoms with Gasteiger partial charge in [0.25, 0.3) is 0 Å². The quantitative estimate of drug-likeness (QED) is 0.544. The third-order valence-electron chi connectivity index (χ3n) is 5.19. The Labute approximate surface area is 167 Å². The largest absolute Gasteiger partial charge is 0.440 e. The molecule has 0 saturated carbocycles. The van der Waals surface area contributed by atoms with Gasteiger partial charge < -0.3 is 9.73 Å². The summed E-state index contributed by atoms with van der Waals surface area (Å²) in [5.74, 6) is 2.45. The lowest BCUT2D eigenvalue weighted by Gasteiger charge is -2.24. The first-order valence-electron chi connectivity index (χ1n) is 9.51. The van der Waals surface area contributed by atoms with Gasteiger partial charge in [0, 0.05) is 24.3 Å². The van der Waals surface area contributed by atoms with Crippen LogP contribution in [-0.2, 0) is 13.0 Å². The van der Waals surface area contributed by atoms with E-state index in [1.807, 2.05) is 53.5 Å². The van der Waals surface area contributed by atoms with Crippen LogP contribution in [-0.4, -0.2) is 19.7 Å². The number of aryl methyl sites for hydroxylation is 1. The molecule has 0 aromatic carbocycles. The van der Waals surface area contributed by atoms with Gasteiger partial charge in [-0.2, -0.15) is 5.10 Å². The Morgan fingerprint density at radius 1 is 1.29 bits per heavy atom. The van der Waals surface area contributed by atoms with Crippen molar-refractivity contribution < 1.29 is 4.42 Å². The van der Waals surface area contributed by atoms with Crippen LogP contribution >= 0.6 is 11.3 Å². The number of fused-ring (bicyclic) bond motifs is 1. The third-order valence-corrected chi connectivity index (χ3v) is 6.05. The van der Waals surface area contributed by atoms with Crippen LogP contribution in [0.5, 0.6) is 0 Å². The van der Waals surface area contributed by atoms with Gasteiger partial charge in [0.1, 0.15) is 5.76 Å². The summed E-state index contributed by atoms with van der Waals surface area (Å²) >= 11 is 1.64. The van der Waals surface area contributed by atoms with Crippen LogP contribution in [0.2, 0.25) is 0 Å². The Kier molecular flexibility index (Phi) is 4.54. The van der Waals surface area contributed by atoms with Gasteiger partial charge in [-0.15, -0.1) is 11.3 Å². The van der Waals surface area contributed by atoms with Gasteiger partial charge >= 0.3 is 0 Å². The highest BCUT2D eigenvalue weighted by atomic mass is 32.1. The van der Waals surface area contributed by atoms with Crippen LogP contribution in [0, 0.1) is 6.92 Å². The fourth-order valence-electron chi connectivity index (χ4n) is 3.76. The number of rotatable bonds is 5. The fourth-order valence-corrected chi connectivity index (χ4v) is 4.41. The van der Waals surface area contributed by atoms with Crippen LogP contribution in [0.1, 0.15) is 41.6 Å². The molecule has 1 unspecified atom stereocenters. The van der Waals surface area contributed by atoms with Crippen molar-refractivity contribution in [2.45, 2.75) is 38.8 Å². The Morgan fingerprint density at radius 3 is 3.07 bits per heavy atom. The lowest BCUT2D eigenvalue weighted by molar-refractivity contribution is 0.449. The Balaban J connectivity index is 1.35. The Hall–Kier alpha value is -2.77. The van der Waals surface area contributed by atoms with Gasteiger partial charge in [0.2, 0.25) is 5.89 Å². The Morgan fingerprint density at radius 2 is 2.25 bits per heavy atom. The van der Waals surface area contributed by atoms with E-state index in [-0.39, 0.29) is 6.04 Å². The average molecular weight is 392 g/mol. The van der Waals surface area contributed by atoms with Crippen LogP contribution in [0.15, 0.2) is 52.5 Å². The minimum absolute atomic E-state index is 0.266. The van der Waals surface area contributed by atoms with Crippen LogP contribution in [0.25, 0.3) is 16.6 Å². The molecule has 6 nitrogen and oxygen atoms in total. The first-order chi connectivity index (χ1) is 13.8. The molecule has 4 heterocycles. The van der Waals surface area contributed by atoms with E-state index in [9.17, 15) is 0 Å². The van der Waals surface area contributed by atoms with Gasteiger partial charge in [-0.1, -0.05) is 12.1 Å². The summed E-state index contributed by atoms with van der Waals surface area (Å²) in [5, 5.41) is 10.3. The second-order valence-corrected chi connectivity index (χ2v) is 7.92. The number of hydrogen-bond acceptors (Lipinski definition) is 6. The highest BCUT2D eigenvalue weighted by molar-refractivity contribution is 7.13. The first-order valence-corrected chi connectivity index (χ1v) is 10.4. The molecule has 142 valence electrons. The molecule has 7 heteroatoms. The maximum Gasteiger partial charge on any atom is 0.236 e. The van der Waals surface area contributed by atoms with Crippen molar-refractivity contribution in [2.75, 3.05) is 0 Å². The van der Waals surface area contributed by atoms with Gasteiger partial charge in [0.15, 0.2) is 5.82 Å². The molecule has 0 amide bonds. The molecule has 4 aromatic heterocycles. The number of nitrogens with zero attached hydrogens (tertiary/aromatic N) is 4. The lowest BCUT2D eigenvalue weighted by Crippen LogP contribution is -2.25. The zero-order valence-corrected chi connectivity index (χ0v) is 16.4. The molecule has 0 spiro atoms. The van der Waals surface area contributed by atoms with Gasteiger partial charge in [-0.25, -0.2) is 14.6 Å². The van der Waals surface area contributed by atoms with E-state index in [1.54, 1.807) is 17.5 Å². The number of aromatic nitrogens is 4. The monoisotopic (exact) mass is 391 g/mol. The predicted molar refractivity (Wildman–Crippen MR) is 108 cm³/mol. The highest BCUT2D eigenvalue weighted by Crippen LogP contribution is 2.31. The molecule has 0 aliphatic heterocycles. The number of oxazole rings is 1. The summed E-state index contributed by atoms with van der Waals surface area (Å²) in [6.45, 7) is 2.66. The molecule has 0 bridgehead atoms. The van der Waals surface area contributed by atoms with Crippen molar-refractivity contribution in [2.24, 2.45) is 0 Å². The summed E-state index contributed by atoms with van der Waals surface area (Å²) in [5.41, 5.74) is 3.47. The number of nitrogens with one attached hydrogen (secondary N) is 1. The maximum absolute atomic E-state index is 5.86. The number of hydrogen-bond donors (Lipinski definition) is 1. The molecule has 1 N–H and O–H groups in total. The molecule has 0 fully saturated rings. The topological polar surface area (TPSA) is 68.8 Å². The van der Waals surface area contributed by atoms with E-state index in [2.05, 4.69) is 15.4 Å². The van der Waals surface area contributed by atoms with E-state index < -0.39 is 0 Å². The second-order valence-electron chi connectivity index (χ2n) is 6.97. The third kappa shape index (κ3) is 3.16. The van der Waals surface area contributed by atoms with Gasteiger partial charge in [-0.3, -0.25) is 0 Å². The smallest absolute Gasteiger partial charge is 0.236 e. The molecule has 28 heavy (non-hydrogen) atoms. The maximum atomic E-state index is 5.86. The first kappa shape index (κ1) is 17.3. The molecular weight excluding hydrogens is 370 g/mol. The lowest BCUT2D eigenvalue weighted by atomic mass is 9.93. The molecule has 5 rings (SSSR count). The standard InChI is InChI=1S/C21H21N5OS/c1-14-17(25-21(27-14)19-8-5-11-28-19)13-23-16-6-4-7-18-15(16)12-24-26(18)20-9-2-3-10-22-20/h2-3,5,8-12,16,23H,4,6-7,13H2,1H3. The zero-order valence-electron chi connectivity index (χ0n) is 15.6. The summed E-state index contributed by atoms with van der Waals surface area (Å²) in [7, 11) is 0. The van der Waals surface area contributed by atoms with Crippen molar-refractivity contribution in [1.29, 1.82) is 0 Å². The minimum Gasteiger partial charge on any atom is -0.440 e. The van der Waals surface area contributed by atoms with Gasteiger partial charge in [-0.05, 0) is 49.8 Å². The normalized spacial score (nSPS) is 16.2. The Bertz CT molecular complexity index is 1070. The van der Waals surface area contributed by atoms with Gasteiger partial charge in [0.05, 0.1) is 22.5 Å². The molecule has 4 aromatic rings. The number of pyridine rings is 1. The van der Waals surface area contributed by atoms with E-state index in [4.69, 9.17) is 9.40 Å². The predicted octanol–water partition coefficient (Wildman–Crippen LogP) is 4.46. The van der Waals surface area contributed by atoms with E-state index >= 15 is 0 Å². The van der Waals surface area contributed by atoms with Crippen molar-refractivity contribution >= 4 is 11.3 Å². The molecule has 0 saturated heterocycles. The van der Waals surface area contributed by atoms with Crippen molar-refractivity contribution in [3.63, 3.8) is 0 Å².